The first kappa shape index (κ1) is 11.7. The molecule has 0 heterocycles. The van der Waals surface area contributed by atoms with Crippen LogP contribution in [0.1, 0.15) is 57.6 Å². The van der Waals surface area contributed by atoms with E-state index in [4.69, 9.17) is 0 Å². The molecule has 1 aliphatic carbocycles. The molecule has 1 aromatic carbocycles. The lowest BCUT2D eigenvalue weighted by Crippen LogP contribution is -2.22. The van der Waals surface area contributed by atoms with Gasteiger partial charge in [-0.2, -0.15) is 0 Å². The Morgan fingerprint density at radius 2 is 1.75 bits per heavy atom. The van der Waals surface area contributed by atoms with Crippen molar-refractivity contribution < 1.29 is 5.11 Å². The Labute approximate surface area is 98.5 Å². The second kappa shape index (κ2) is 3.89. The molecule has 1 heteroatoms. The number of aliphatic hydroxyl groups is 1. The van der Waals surface area contributed by atoms with Crippen molar-refractivity contribution in [2.75, 3.05) is 0 Å². The van der Waals surface area contributed by atoms with Crippen molar-refractivity contribution in [2.45, 2.75) is 57.5 Å². The molecule has 0 radical (unpaired) electrons. The maximum atomic E-state index is 10.6. The van der Waals surface area contributed by atoms with E-state index in [2.05, 4.69) is 45.0 Å². The van der Waals surface area contributed by atoms with E-state index >= 15 is 0 Å². The molecule has 0 amide bonds. The predicted molar refractivity (Wildman–Crippen MR) is 67.5 cm³/mol. The zero-order valence-corrected chi connectivity index (χ0v) is 10.6. The largest absolute Gasteiger partial charge is 0.385 e. The maximum Gasteiger partial charge on any atom is 0.0896 e. The third-order valence-corrected chi connectivity index (χ3v) is 3.70. The van der Waals surface area contributed by atoms with Crippen LogP contribution in [-0.4, -0.2) is 5.11 Å². The first-order chi connectivity index (χ1) is 7.42. The highest BCUT2D eigenvalue weighted by Gasteiger charge is 2.33. The molecule has 1 N–H and O–H groups in total. The van der Waals surface area contributed by atoms with Crippen LogP contribution in [-0.2, 0) is 11.0 Å². The molecule has 0 aromatic heterocycles. The normalized spacial score (nSPS) is 20.0. The van der Waals surface area contributed by atoms with Gasteiger partial charge in [0.2, 0.25) is 0 Å². The molecule has 1 aliphatic rings. The van der Waals surface area contributed by atoms with Gasteiger partial charge in [0.25, 0.3) is 0 Å². The molecule has 0 aliphatic heterocycles. The fraction of sp³-hybridized carbons (Fsp3) is 0.600. The van der Waals surface area contributed by atoms with E-state index < -0.39 is 5.60 Å². The SMILES string of the molecule is CC(C)(C)c1cccc(C2(O)CCCC2)c1. The minimum absolute atomic E-state index is 0.158. The molecule has 2 rings (SSSR count). The molecule has 0 spiro atoms. The van der Waals surface area contributed by atoms with E-state index in [1.54, 1.807) is 0 Å². The summed E-state index contributed by atoms with van der Waals surface area (Å²) in [5, 5.41) is 10.6. The van der Waals surface area contributed by atoms with Gasteiger partial charge >= 0.3 is 0 Å². The Kier molecular flexibility index (Phi) is 2.83. The van der Waals surface area contributed by atoms with Crippen molar-refractivity contribution in [3.05, 3.63) is 35.4 Å². The molecular weight excluding hydrogens is 196 g/mol. The molecule has 0 unspecified atom stereocenters. The number of hydrogen-bond acceptors (Lipinski definition) is 1. The quantitative estimate of drug-likeness (QED) is 0.761. The van der Waals surface area contributed by atoms with E-state index in [1.807, 2.05) is 0 Å². The summed E-state index contributed by atoms with van der Waals surface area (Å²) in [5.41, 5.74) is 2.02. The van der Waals surface area contributed by atoms with Crippen LogP contribution in [0.4, 0.5) is 0 Å². The van der Waals surface area contributed by atoms with Gasteiger partial charge in [0.15, 0.2) is 0 Å². The Morgan fingerprint density at radius 3 is 2.31 bits per heavy atom. The van der Waals surface area contributed by atoms with Gasteiger partial charge in [-0.1, -0.05) is 57.9 Å². The highest BCUT2D eigenvalue weighted by Crippen LogP contribution is 2.39. The average molecular weight is 218 g/mol. The summed E-state index contributed by atoms with van der Waals surface area (Å²) >= 11 is 0. The second-order valence-electron chi connectivity index (χ2n) is 6.07. The maximum absolute atomic E-state index is 10.6. The van der Waals surface area contributed by atoms with Crippen LogP contribution >= 0.6 is 0 Å². The Bertz CT molecular complexity index is 367. The standard InChI is InChI=1S/C15H22O/c1-14(2,3)12-7-6-8-13(11-12)15(16)9-4-5-10-15/h6-8,11,16H,4-5,9-10H2,1-3H3. The smallest absolute Gasteiger partial charge is 0.0896 e. The molecule has 1 fully saturated rings. The Morgan fingerprint density at radius 1 is 1.12 bits per heavy atom. The number of rotatable bonds is 1. The van der Waals surface area contributed by atoms with Gasteiger partial charge in [-0.3, -0.25) is 0 Å². The summed E-state index contributed by atoms with van der Waals surface area (Å²) < 4.78 is 0. The lowest BCUT2D eigenvalue weighted by atomic mass is 9.83. The molecule has 1 saturated carbocycles. The van der Waals surface area contributed by atoms with Crippen LogP contribution in [0.3, 0.4) is 0 Å². The van der Waals surface area contributed by atoms with Crippen molar-refractivity contribution in [3.63, 3.8) is 0 Å². The van der Waals surface area contributed by atoms with Crippen molar-refractivity contribution in [3.8, 4) is 0 Å². The fourth-order valence-corrected chi connectivity index (χ4v) is 2.52. The molecule has 16 heavy (non-hydrogen) atoms. The summed E-state index contributed by atoms with van der Waals surface area (Å²) in [7, 11) is 0. The minimum Gasteiger partial charge on any atom is -0.385 e. The van der Waals surface area contributed by atoms with Crippen LogP contribution in [0.25, 0.3) is 0 Å². The predicted octanol–water partition coefficient (Wildman–Crippen LogP) is 3.75. The molecule has 0 saturated heterocycles. The second-order valence-corrected chi connectivity index (χ2v) is 6.07. The van der Waals surface area contributed by atoms with Gasteiger partial charge in [-0.05, 0) is 29.4 Å². The van der Waals surface area contributed by atoms with Gasteiger partial charge in [0, 0.05) is 0 Å². The van der Waals surface area contributed by atoms with E-state index in [9.17, 15) is 5.11 Å². The van der Waals surface area contributed by atoms with Crippen molar-refractivity contribution in [2.24, 2.45) is 0 Å². The lowest BCUT2D eigenvalue weighted by Gasteiger charge is -2.26. The molecular formula is C15H22O. The summed E-state index contributed by atoms with van der Waals surface area (Å²) in [6, 6.07) is 8.49. The molecule has 1 aromatic rings. The Hall–Kier alpha value is -0.820. The van der Waals surface area contributed by atoms with E-state index in [0.29, 0.717) is 0 Å². The van der Waals surface area contributed by atoms with Crippen LogP contribution in [0.15, 0.2) is 24.3 Å². The minimum atomic E-state index is -0.554. The van der Waals surface area contributed by atoms with Crippen LogP contribution < -0.4 is 0 Å². The van der Waals surface area contributed by atoms with Gasteiger partial charge in [0.05, 0.1) is 5.60 Å². The molecule has 88 valence electrons. The summed E-state index contributed by atoms with van der Waals surface area (Å²) in [6.07, 6.45) is 4.13. The molecule has 0 bridgehead atoms. The van der Waals surface area contributed by atoms with Gasteiger partial charge in [0.1, 0.15) is 0 Å². The first-order valence-electron chi connectivity index (χ1n) is 6.25. The van der Waals surface area contributed by atoms with E-state index in [-0.39, 0.29) is 5.41 Å². The first-order valence-corrected chi connectivity index (χ1v) is 6.25. The summed E-state index contributed by atoms with van der Waals surface area (Å²) in [4.78, 5) is 0. The molecule has 0 atom stereocenters. The van der Waals surface area contributed by atoms with Crippen LogP contribution in [0, 0.1) is 0 Å². The van der Waals surface area contributed by atoms with E-state index in [0.717, 1.165) is 31.2 Å². The van der Waals surface area contributed by atoms with Gasteiger partial charge in [-0.15, -0.1) is 0 Å². The summed E-state index contributed by atoms with van der Waals surface area (Å²) in [5.74, 6) is 0. The van der Waals surface area contributed by atoms with E-state index in [1.165, 1.54) is 5.56 Å². The Balaban J connectivity index is 2.36. The number of benzene rings is 1. The highest BCUT2D eigenvalue weighted by molar-refractivity contribution is 5.32. The lowest BCUT2D eigenvalue weighted by molar-refractivity contribution is 0.0443. The highest BCUT2D eigenvalue weighted by atomic mass is 16.3. The third-order valence-electron chi connectivity index (χ3n) is 3.70. The number of hydrogen-bond donors (Lipinski definition) is 1. The third kappa shape index (κ3) is 2.15. The molecule has 1 nitrogen and oxygen atoms in total. The topological polar surface area (TPSA) is 20.2 Å². The summed E-state index contributed by atoms with van der Waals surface area (Å²) in [6.45, 7) is 6.64. The monoisotopic (exact) mass is 218 g/mol. The van der Waals surface area contributed by atoms with Crippen molar-refractivity contribution in [1.82, 2.24) is 0 Å². The van der Waals surface area contributed by atoms with Crippen LogP contribution in [0.2, 0.25) is 0 Å². The van der Waals surface area contributed by atoms with Gasteiger partial charge < -0.3 is 5.11 Å². The fourth-order valence-electron chi connectivity index (χ4n) is 2.52. The zero-order chi connectivity index (χ0) is 11.8. The zero-order valence-electron chi connectivity index (χ0n) is 10.6. The van der Waals surface area contributed by atoms with Crippen molar-refractivity contribution in [1.29, 1.82) is 0 Å². The van der Waals surface area contributed by atoms with Crippen LogP contribution in [0.5, 0.6) is 0 Å². The average Bonchev–Trinajstić information content (AvgIpc) is 2.66. The van der Waals surface area contributed by atoms with Gasteiger partial charge in [-0.25, -0.2) is 0 Å². The van der Waals surface area contributed by atoms with Crippen molar-refractivity contribution >= 4 is 0 Å².